The van der Waals surface area contributed by atoms with Crippen molar-refractivity contribution in [1.82, 2.24) is 4.98 Å². The number of rotatable bonds is 3. The van der Waals surface area contributed by atoms with E-state index in [4.69, 9.17) is 9.84 Å². The summed E-state index contributed by atoms with van der Waals surface area (Å²) < 4.78 is 5.76. The molecule has 98 valence electrons. The van der Waals surface area contributed by atoms with Crippen molar-refractivity contribution >= 4 is 16.9 Å². The first-order chi connectivity index (χ1) is 9.74. The average Bonchev–Trinajstić information content (AvgIpc) is 2.48. The summed E-state index contributed by atoms with van der Waals surface area (Å²) in [5.41, 5.74) is 0.937. The number of nitrogens with zero attached hydrogens (tertiary/aromatic N) is 1. The van der Waals surface area contributed by atoms with Crippen molar-refractivity contribution in [1.29, 1.82) is 0 Å². The molecule has 0 amide bonds. The zero-order chi connectivity index (χ0) is 13.9. The summed E-state index contributed by atoms with van der Waals surface area (Å²) in [6.45, 7) is 0. The number of hydrogen-bond acceptors (Lipinski definition) is 3. The Balaban J connectivity index is 2.01. The van der Waals surface area contributed by atoms with E-state index in [0.29, 0.717) is 11.5 Å². The van der Waals surface area contributed by atoms with Crippen molar-refractivity contribution in [2.45, 2.75) is 0 Å². The summed E-state index contributed by atoms with van der Waals surface area (Å²) >= 11 is 0. The highest BCUT2D eigenvalue weighted by Crippen LogP contribution is 2.28. The normalized spacial score (nSPS) is 10.4. The van der Waals surface area contributed by atoms with Crippen molar-refractivity contribution < 1.29 is 14.6 Å². The molecule has 1 aromatic heterocycles. The van der Waals surface area contributed by atoms with Gasteiger partial charge in [0.05, 0.1) is 5.56 Å². The summed E-state index contributed by atoms with van der Waals surface area (Å²) in [4.78, 5) is 15.2. The van der Waals surface area contributed by atoms with Crippen molar-refractivity contribution in [3.8, 4) is 11.5 Å². The molecule has 0 aliphatic carbocycles. The largest absolute Gasteiger partial charge is 0.478 e. The summed E-state index contributed by atoms with van der Waals surface area (Å²) in [5, 5.41) is 9.95. The molecule has 0 aliphatic rings. The first kappa shape index (κ1) is 12.2. The van der Waals surface area contributed by atoms with Crippen LogP contribution in [0.25, 0.3) is 10.9 Å². The monoisotopic (exact) mass is 265 g/mol. The summed E-state index contributed by atoms with van der Waals surface area (Å²) in [5.74, 6) is 0.0974. The SMILES string of the molecule is O=C(O)c1cccc(Oc2cccc3cccnc23)c1. The maximum Gasteiger partial charge on any atom is 0.335 e. The Kier molecular flexibility index (Phi) is 3.05. The fourth-order valence-corrected chi connectivity index (χ4v) is 1.98. The van der Waals surface area contributed by atoms with Gasteiger partial charge in [0.15, 0.2) is 5.75 Å². The number of hydrogen-bond donors (Lipinski definition) is 1. The molecule has 20 heavy (non-hydrogen) atoms. The molecule has 0 atom stereocenters. The molecule has 4 nitrogen and oxygen atoms in total. The molecule has 2 aromatic carbocycles. The molecule has 0 radical (unpaired) electrons. The van der Waals surface area contributed by atoms with Crippen LogP contribution in [0.1, 0.15) is 10.4 Å². The van der Waals surface area contributed by atoms with Gasteiger partial charge >= 0.3 is 5.97 Å². The Morgan fingerprint density at radius 3 is 2.70 bits per heavy atom. The van der Waals surface area contributed by atoms with Gasteiger partial charge in [-0.25, -0.2) is 4.79 Å². The lowest BCUT2D eigenvalue weighted by Crippen LogP contribution is -1.96. The van der Waals surface area contributed by atoms with Crippen LogP contribution in [0.5, 0.6) is 11.5 Å². The maximum atomic E-state index is 11.0. The van der Waals surface area contributed by atoms with Gasteiger partial charge < -0.3 is 9.84 Å². The Hall–Kier alpha value is -2.88. The molecule has 0 bridgehead atoms. The van der Waals surface area contributed by atoms with Crippen molar-refractivity contribution in [2.75, 3.05) is 0 Å². The lowest BCUT2D eigenvalue weighted by molar-refractivity contribution is 0.0696. The average molecular weight is 265 g/mol. The van der Waals surface area contributed by atoms with Crippen LogP contribution >= 0.6 is 0 Å². The second kappa shape index (κ2) is 5.01. The van der Waals surface area contributed by atoms with E-state index in [2.05, 4.69) is 4.98 Å². The maximum absolute atomic E-state index is 11.0. The summed E-state index contributed by atoms with van der Waals surface area (Å²) in [7, 11) is 0. The van der Waals surface area contributed by atoms with Crippen LogP contribution in [-0.2, 0) is 0 Å². The number of aromatic carboxylic acids is 1. The Labute approximate surface area is 115 Å². The number of fused-ring (bicyclic) bond motifs is 1. The van der Waals surface area contributed by atoms with Gasteiger partial charge in [0.1, 0.15) is 11.3 Å². The number of pyridine rings is 1. The highest BCUT2D eigenvalue weighted by atomic mass is 16.5. The van der Waals surface area contributed by atoms with Crippen molar-refractivity contribution in [2.24, 2.45) is 0 Å². The molecule has 0 aliphatic heterocycles. The summed E-state index contributed by atoms with van der Waals surface area (Å²) in [6, 6.07) is 15.8. The number of carbonyl (C=O) groups is 1. The molecule has 0 fully saturated rings. The van der Waals surface area contributed by atoms with Crippen LogP contribution in [0.4, 0.5) is 0 Å². The quantitative estimate of drug-likeness (QED) is 0.784. The highest BCUT2D eigenvalue weighted by molar-refractivity contribution is 5.88. The van der Waals surface area contributed by atoms with Gasteiger partial charge in [-0.3, -0.25) is 4.98 Å². The Morgan fingerprint density at radius 2 is 1.85 bits per heavy atom. The number of para-hydroxylation sites is 1. The zero-order valence-electron chi connectivity index (χ0n) is 10.5. The van der Waals surface area contributed by atoms with E-state index in [-0.39, 0.29) is 5.56 Å². The first-order valence-electron chi connectivity index (χ1n) is 6.09. The number of benzene rings is 2. The molecule has 4 heteroatoms. The number of ether oxygens (including phenoxy) is 1. The zero-order valence-corrected chi connectivity index (χ0v) is 10.5. The number of carboxylic acids is 1. The smallest absolute Gasteiger partial charge is 0.335 e. The van der Waals surface area contributed by atoms with Gasteiger partial charge in [-0.05, 0) is 30.3 Å². The van der Waals surface area contributed by atoms with Crippen LogP contribution in [0.2, 0.25) is 0 Å². The Morgan fingerprint density at radius 1 is 1.05 bits per heavy atom. The first-order valence-corrected chi connectivity index (χ1v) is 6.09. The van der Waals surface area contributed by atoms with Crippen LogP contribution in [0.3, 0.4) is 0 Å². The molecule has 3 aromatic rings. The van der Waals surface area contributed by atoms with E-state index in [1.54, 1.807) is 18.3 Å². The van der Waals surface area contributed by atoms with E-state index in [1.807, 2.05) is 30.3 Å². The topological polar surface area (TPSA) is 59.4 Å². The van der Waals surface area contributed by atoms with Gasteiger partial charge in [0, 0.05) is 11.6 Å². The van der Waals surface area contributed by atoms with Gasteiger partial charge in [-0.2, -0.15) is 0 Å². The minimum Gasteiger partial charge on any atom is -0.478 e. The molecule has 0 saturated heterocycles. The second-order valence-corrected chi connectivity index (χ2v) is 4.27. The third-order valence-electron chi connectivity index (χ3n) is 2.90. The fraction of sp³-hybridized carbons (Fsp3) is 0. The second-order valence-electron chi connectivity index (χ2n) is 4.27. The standard InChI is InChI=1S/C16H11NO3/c18-16(19)12-5-1-7-13(10-12)20-14-8-2-4-11-6-3-9-17-15(11)14/h1-10H,(H,18,19). The van der Waals surface area contributed by atoms with E-state index < -0.39 is 5.97 Å². The minimum absolute atomic E-state index is 0.190. The minimum atomic E-state index is -0.980. The van der Waals surface area contributed by atoms with E-state index >= 15 is 0 Å². The third kappa shape index (κ3) is 2.31. The predicted octanol–water partition coefficient (Wildman–Crippen LogP) is 3.73. The highest BCUT2D eigenvalue weighted by Gasteiger charge is 2.07. The lowest BCUT2D eigenvalue weighted by atomic mass is 10.2. The molecule has 0 spiro atoms. The van der Waals surface area contributed by atoms with E-state index in [9.17, 15) is 4.79 Å². The number of aromatic nitrogens is 1. The molecule has 0 unspecified atom stereocenters. The van der Waals surface area contributed by atoms with E-state index in [1.165, 1.54) is 12.1 Å². The predicted molar refractivity (Wildman–Crippen MR) is 75.2 cm³/mol. The molecular formula is C16H11NO3. The number of carboxylic acid groups (broad SMARTS) is 1. The molecular weight excluding hydrogens is 254 g/mol. The van der Waals surface area contributed by atoms with Crippen LogP contribution in [0, 0.1) is 0 Å². The van der Waals surface area contributed by atoms with Gasteiger partial charge in [0.2, 0.25) is 0 Å². The van der Waals surface area contributed by atoms with Crippen molar-refractivity contribution in [3.63, 3.8) is 0 Å². The molecule has 1 N–H and O–H groups in total. The lowest BCUT2D eigenvalue weighted by Gasteiger charge is -2.08. The fourth-order valence-electron chi connectivity index (χ4n) is 1.98. The van der Waals surface area contributed by atoms with Crippen molar-refractivity contribution in [3.05, 3.63) is 66.4 Å². The van der Waals surface area contributed by atoms with Crippen LogP contribution in [0.15, 0.2) is 60.8 Å². The van der Waals surface area contributed by atoms with Crippen LogP contribution in [-0.4, -0.2) is 16.1 Å². The third-order valence-corrected chi connectivity index (χ3v) is 2.90. The molecule has 0 saturated carbocycles. The van der Waals surface area contributed by atoms with Gasteiger partial charge in [-0.15, -0.1) is 0 Å². The Bertz CT molecular complexity index is 778. The summed E-state index contributed by atoms with van der Waals surface area (Å²) in [6.07, 6.45) is 1.70. The van der Waals surface area contributed by atoms with E-state index in [0.717, 1.165) is 10.9 Å². The molecule has 3 rings (SSSR count). The molecule has 1 heterocycles. The van der Waals surface area contributed by atoms with Gasteiger partial charge in [0.25, 0.3) is 0 Å². The van der Waals surface area contributed by atoms with Gasteiger partial charge in [-0.1, -0.05) is 24.3 Å². The van der Waals surface area contributed by atoms with Crippen LogP contribution < -0.4 is 4.74 Å².